The monoisotopic (exact) mass is 416 g/mol. The molecule has 1 N–H and O–H groups in total. The molecule has 2 atom stereocenters. The topological polar surface area (TPSA) is 79.7 Å². The molecule has 4 heterocycles. The number of anilines is 1. The molecule has 0 saturated heterocycles. The summed E-state index contributed by atoms with van der Waals surface area (Å²) < 4.78 is 18.4. The highest BCUT2D eigenvalue weighted by Gasteiger charge is 2.57. The molecule has 0 aliphatic carbocycles. The maximum absolute atomic E-state index is 13.9. The molecule has 148 valence electrons. The van der Waals surface area contributed by atoms with Crippen LogP contribution in [0.15, 0.2) is 65.0 Å². The van der Waals surface area contributed by atoms with Crippen LogP contribution in [-0.2, 0) is 27.6 Å². The number of ether oxygens (including phenoxy) is 1. The Kier molecular flexibility index (Phi) is 3.50. The molecule has 0 bridgehead atoms. The van der Waals surface area contributed by atoms with E-state index in [-0.39, 0.29) is 18.3 Å². The number of phenols is 1. The summed E-state index contributed by atoms with van der Waals surface area (Å²) in [6.07, 6.45) is 3.51. The molecule has 1 amide bonds. The molecular formula is C23H16N2O4S. The maximum atomic E-state index is 13.9. The standard InChI is InChI=1S/C23H16N2O4S/c26-16-4-5-19-17(10-16)23(22(27)25(19)12-15-3-1-2-7-24-15)13-29-20-9-14-6-8-30(28)21(14)11-18(20)23/h1-11,26H,12-13H2. The Morgan fingerprint density at radius 2 is 2.07 bits per heavy atom. The number of aromatic hydroxyl groups is 1. The van der Waals surface area contributed by atoms with Crippen molar-refractivity contribution in [2.45, 2.75) is 16.9 Å². The van der Waals surface area contributed by atoms with Gasteiger partial charge in [0.2, 0.25) is 5.91 Å². The van der Waals surface area contributed by atoms with Gasteiger partial charge in [-0.3, -0.25) is 9.78 Å². The highest BCUT2D eigenvalue weighted by Crippen LogP contribution is 2.54. The Hall–Kier alpha value is -3.45. The Labute approximate surface area is 174 Å². The summed E-state index contributed by atoms with van der Waals surface area (Å²) in [6.45, 7) is 0.447. The summed E-state index contributed by atoms with van der Waals surface area (Å²) in [7, 11) is -1.24. The number of benzene rings is 2. The predicted octanol–water partition coefficient (Wildman–Crippen LogP) is 3.10. The number of amides is 1. The fourth-order valence-corrected chi connectivity index (χ4v) is 5.58. The number of carbonyl (C=O) groups excluding carboxylic acids is 1. The van der Waals surface area contributed by atoms with Crippen molar-refractivity contribution in [1.82, 2.24) is 4.98 Å². The first-order valence-corrected chi connectivity index (χ1v) is 10.7. The van der Waals surface area contributed by atoms with Crippen LogP contribution in [0.2, 0.25) is 0 Å². The van der Waals surface area contributed by atoms with Gasteiger partial charge in [-0.2, -0.15) is 0 Å². The number of hydrogen-bond donors (Lipinski definition) is 1. The molecule has 0 radical (unpaired) electrons. The number of aromatic nitrogens is 1. The third-order valence-corrected chi connectivity index (χ3v) is 7.16. The lowest BCUT2D eigenvalue weighted by atomic mass is 9.77. The summed E-state index contributed by atoms with van der Waals surface area (Å²) in [6, 6.07) is 14.2. The van der Waals surface area contributed by atoms with E-state index in [1.807, 2.05) is 36.4 Å². The minimum Gasteiger partial charge on any atom is -0.508 e. The lowest BCUT2D eigenvalue weighted by Gasteiger charge is -2.23. The van der Waals surface area contributed by atoms with Crippen LogP contribution in [0.25, 0.3) is 6.08 Å². The molecule has 3 aliphatic rings. The number of hydrogen-bond acceptors (Lipinski definition) is 5. The van der Waals surface area contributed by atoms with Crippen molar-refractivity contribution >= 4 is 28.5 Å². The molecule has 0 saturated carbocycles. The molecule has 3 aromatic rings. The highest BCUT2D eigenvalue weighted by atomic mass is 32.2. The number of phenolic OH excluding ortho intramolecular Hbond substituents is 1. The molecule has 2 unspecified atom stereocenters. The van der Waals surface area contributed by atoms with E-state index in [4.69, 9.17) is 4.74 Å². The van der Waals surface area contributed by atoms with Crippen molar-refractivity contribution in [2.75, 3.05) is 11.5 Å². The van der Waals surface area contributed by atoms with Crippen LogP contribution in [0, 0.1) is 0 Å². The van der Waals surface area contributed by atoms with Gasteiger partial charge in [0.25, 0.3) is 0 Å². The third-order valence-electron chi connectivity index (χ3n) is 5.99. The highest BCUT2D eigenvalue weighted by molar-refractivity contribution is 7.88. The molecule has 1 aromatic heterocycles. The fraction of sp³-hybridized carbons (Fsp3) is 0.130. The van der Waals surface area contributed by atoms with Gasteiger partial charge in [0.15, 0.2) is 0 Å². The van der Waals surface area contributed by atoms with Gasteiger partial charge in [0.05, 0.1) is 27.9 Å². The summed E-state index contributed by atoms with van der Waals surface area (Å²) in [5, 5.41) is 11.8. The SMILES string of the molecule is O=C1N(Cc2ccccn2)c2ccc(O)cc2C12COc1cc3c(cc12)S(=O)C=C3. The number of pyridine rings is 1. The zero-order valence-corrected chi connectivity index (χ0v) is 16.6. The van der Waals surface area contributed by atoms with E-state index < -0.39 is 16.2 Å². The molecule has 1 spiro atoms. The van der Waals surface area contributed by atoms with Gasteiger partial charge in [-0.05, 0) is 54.1 Å². The third kappa shape index (κ3) is 2.21. The molecule has 3 aliphatic heterocycles. The van der Waals surface area contributed by atoms with Crippen molar-refractivity contribution in [1.29, 1.82) is 0 Å². The van der Waals surface area contributed by atoms with Crippen LogP contribution in [0.1, 0.15) is 22.4 Å². The van der Waals surface area contributed by atoms with Crippen molar-refractivity contribution < 1.29 is 18.8 Å². The van der Waals surface area contributed by atoms with Crippen LogP contribution in [-0.4, -0.2) is 26.8 Å². The van der Waals surface area contributed by atoms with Crippen molar-refractivity contribution in [3.63, 3.8) is 0 Å². The smallest absolute Gasteiger partial charge is 0.246 e. The average molecular weight is 416 g/mol. The van der Waals surface area contributed by atoms with Gasteiger partial charge in [0, 0.05) is 28.4 Å². The van der Waals surface area contributed by atoms with Crippen molar-refractivity contribution in [2.24, 2.45) is 0 Å². The van der Waals surface area contributed by atoms with E-state index in [1.165, 1.54) is 0 Å². The normalized spacial score (nSPS) is 22.9. The number of rotatable bonds is 2. The largest absolute Gasteiger partial charge is 0.508 e. The number of fused-ring (bicyclic) bond motifs is 5. The Morgan fingerprint density at radius 1 is 1.17 bits per heavy atom. The van der Waals surface area contributed by atoms with E-state index in [9.17, 15) is 14.1 Å². The molecule has 30 heavy (non-hydrogen) atoms. The first-order chi connectivity index (χ1) is 14.6. The first-order valence-electron chi connectivity index (χ1n) is 9.53. The number of carbonyl (C=O) groups is 1. The van der Waals surface area contributed by atoms with Gasteiger partial charge in [0.1, 0.15) is 23.5 Å². The minimum atomic E-state index is -1.24. The molecule has 6 nitrogen and oxygen atoms in total. The summed E-state index contributed by atoms with van der Waals surface area (Å²) in [5.41, 5.74) is 2.63. The van der Waals surface area contributed by atoms with Crippen LogP contribution in [0.4, 0.5) is 5.69 Å². The molecule has 6 rings (SSSR count). The quantitative estimate of drug-likeness (QED) is 0.695. The summed E-state index contributed by atoms with van der Waals surface area (Å²) >= 11 is 0. The van der Waals surface area contributed by atoms with Crippen molar-refractivity contribution in [3.8, 4) is 11.5 Å². The Balaban J connectivity index is 1.55. The van der Waals surface area contributed by atoms with E-state index in [2.05, 4.69) is 4.98 Å². The average Bonchev–Trinajstić information content (AvgIpc) is 3.38. The lowest BCUT2D eigenvalue weighted by Crippen LogP contribution is -2.42. The molecule has 7 heteroatoms. The second-order valence-electron chi connectivity index (χ2n) is 7.59. The van der Waals surface area contributed by atoms with Gasteiger partial charge in [-0.25, -0.2) is 4.21 Å². The Morgan fingerprint density at radius 3 is 2.90 bits per heavy atom. The van der Waals surface area contributed by atoms with E-state index in [1.54, 1.807) is 34.7 Å². The summed E-state index contributed by atoms with van der Waals surface area (Å²) in [4.78, 5) is 20.6. The second kappa shape index (κ2) is 6.03. The zero-order chi connectivity index (χ0) is 20.5. The van der Waals surface area contributed by atoms with Gasteiger partial charge < -0.3 is 14.7 Å². The van der Waals surface area contributed by atoms with E-state index in [0.29, 0.717) is 28.3 Å². The predicted molar refractivity (Wildman–Crippen MR) is 112 cm³/mol. The number of nitrogens with zero attached hydrogens (tertiary/aromatic N) is 2. The van der Waals surface area contributed by atoms with Crippen LogP contribution >= 0.6 is 0 Å². The van der Waals surface area contributed by atoms with E-state index >= 15 is 0 Å². The molecule has 0 fully saturated rings. The second-order valence-corrected chi connectivity index (χ2v) is 8.90. The fourth-order valence-electron chi connectivity index (χ4n) is 4.57. The summed E-state index contributed by atoms with van der Waals surface area (Å²) in [5.74, 6) is 0.560. The van der Waals surface area contributed by atoms with Crippen molar-refractivity contribution in [3.05, 3.63) is 82.5 Å². The van der Waals surface area contributed by atoms with Crippen LogP contribution in [0.5, 0.6) is 11.5 Å². The van der Waals surface area contributed by atoms with Gasteiger partial charge >= 0.3 is 0 Å². The molecular weight excluding hydrogens is 400 g/mol. The molecule has 2 aromatic carbocycles. The maximum Gasteiger partial charge on any atom is 0.246 e. The van der Waals surface area contributed by atoms with Crippen LogP contribution < -0.4 is 9.64 Å². The lowest BCUT2D eigenvalue weighted by molar-refractivity contribution is -0.122. The minimum absolute atomic E-state index is 0.0838. The van der Waals surface area contributed by atoms with Crippen LogP contribution in [0.3, 0.4) is 0 Å². The Bertz CT molecular complexity index is 1290. The van der Waals surface area contributed by atoms with Gasteiger partial charge in [-0.15, -0.1) is 0 Å². The first kappa shape index (κ1) is 17.4. The van der Waals surface area contributed by atoms with Gasteiger partial charge in [-0.1, -0.05) is 6.07 Å². The zero-order valence-electron chi connectivity index (χ0n) is 15.7. The van der Waals surface area contributed by atoms with E-state index in [0.717, 1.165) is 16.9 Å².